The molecule has 0 saturated carbocycles. The smallest absolute Gasteiger partial charge is 0.0403 e. The summed E-state index contributed by atoms with van der Waals surface area (Å²) in [6.07, 6.45) is 3.51. The average Bonchev–Trinajstić information content (AvgIpc) is 2.38. The van der Waals surface area contributed by atoms with E-state index in [9.17, 15) is 0 Å². The van der Waals surface area contributed by atoms with E-state index in [1.54, 1.807) is 5.56 Å². The van der Waals surface area contributed by atoms with Crippen molar-refractivity contribution in [3.8, 4) is 0 Å². The van der Waals surface area contributed by atoms with E-state index in [1.165, 1.54) is 30.8 Å². The minimum absolute atomic E-state index is 0.595. The summed E-state index contributed by atoms with van der Waals surface area (Å²) >= 11 is 0. The predicted octanol–water partition coefficient (Wildman–Crippen LogP) is 2.45. The summed E-state index contributed by atoms with van der Waals surface area (Å²) in [6.45, 7) is 2.41. The third-order valence-corrected chi connectivity index (χ3v) is 3.96. The quantitative estimate of drug-likeness (QED) is 0.647. The van der Waals surface area contributed by atoms with E-state index >= 15 is 0 Å². The molecule has 0 aromatic heterocycles. The van der Waals surface area contributed by atoms with Gasteiger partial charge in [-0.05, 0) is 24.0 Å². The number of hydrogen-bond acceptors (Lipinski definition) is 2. The van der Waals surface area contributed by atoms with Gasteiger partial charge in [0.2, 0.25) is 0 Å². The van der Waals surface area contributed by atoms with Crippen LogP contribution in [0.2, 0.25) is 0 Å². The van der Waals surface area contributed by atoms with Gasteiger partial charge in [0, 0.05) is 38.3 Å². The van der Waals surface area contributed by atoms with Crippen LogP contribution in [0, 0.1) is 0 Å². The van der Waals surface area contributed by atoms with E-state index in [1.807, 2.05) is 7.05 Å². The molecule has 0 bridgehead atoms. The Bertz CT molecular complexity index is 422. The Kier molecular flexibility index (Phi) is 2.52. The van der Waals surface area contributed by atoms with Crippen LogP contribution >= 0.6 is 0 Å². The van der Waals surface area contributed by atoms with Gasteiger partial charge in [0.05, 0.1) is 0 Å². The van der Waals surface area contributed by atoms with Crippen molar-refractivity contribution < 1.29 is 0 Å². The summed E-state index contributed by atoms with van der Waals surface area (Å²) in [6, 6.07) is 9.50. The number of fused-ring (bicyclic) bond motifs is 3. The van der Waals surface area contributed by atoms with E-state index in [2.05, 4.69) is 34.2 Å². The Balaban J connectivity index is 1.96. The Labute approximate surface area is 97.0 Å². The van der Waals surface area contributed by atoms with E-state index in [-0.39, 0.29) is 0 Å². The first-order chi connectivity index (χ1) is 7.88. The first-order valence-corrected chi connectivity index (χ1v) is 6.15. The molecule has 2 nitrogen and oxygen atoms in total. The normalized spacial score (nSPS) is 27.6. The van der Waals surface area contributed by atoms with Crippen molar-refractivity contribution in [1.82, 2.24) is 4.90 Å². The summed E-state index contributed by atoms with van der Waals surface area (Å²) in [7, 11) is 1.93. The molecular formula is C14H18N2. The molecule has 1 atom stereocenters. The Morgan fingerprint density at radius 1 is 1.19 bits per heavy atom. The Morgan fingerprint density at radius 2 is 2.00 bits per heavy atom. The molecule has 1 aromatic rings. The fourth-order valence-electron chi connectivity index (χ4n) is 3.01. The molecule has 2 heterocycles. The van der Waals surface area contributed by atoms with Crippen LogP contribution in [0.4, 0.5) is 0 Å². The molecule has 3 rings (SSSR count). The van der Waals surface area contributed by atoms with Crippen LogP contribution in [0.3, 0.4) is 0 Å². The van der Waals surface area contributed by atoms with Gasteiger partial charge < -0.3 is 0 Å². The number of hydrogen-bond donors (Lipinski definition) is 0. The maximum atomic E-state index is 4.40. The molecule has 16 heavy (non-hydrogen) atoms. The van der Waals surface area contributed by atoms with Crippen molar-refractivity contribution in [2.24, 2.45) is 4.99 Å². The van der Waals surface area contributed by atoms with Crippen LogP contribution in [0.25, 0.3) is 0 Å². The SMILES string of the molecule is CN=C1CCN2CCc3ccccc3[C@@H]2C1. The highest BCUT2D eigenvalue weighted by Crippen LogP contribution is 2.35. The van der Waals surface area contributed by atoms with Crippen molar-refractivity contribution in [3.63, 3.8) is 0 Å². The van der Waals surface area contributed by atoms with Crippen LogP contribution in [0.15, 0.2) is 29.3 Å². The van der Waals surface area contributed by atoms with Gasteiger partial charge in [-0.15, -0.1) is 0 Å². The van der Waals surface area contributed by atoms with Crippen molar-refractivity contribution in [2.45, 2.75) is 25.3 Å². The van der Waals surface area contributed by atoms with Gasteiger partial charge in [0.1, 0.15) is 0 Å². The lowest BCUT2D eigenvalue weighted by atomic mass is 9.86. The molecule has 0 radical (unpaired) electrons. The van der Waals surface area contributed by atoms with Crippen LogP contribution in [-0.2, 0) is 6.42 Å². The molecule has 0 amide bonds. The average molecular weight is 214 g/mol. The first-order valence-electron chi connectivity index (χ1n) is 6.15. The minimum atomic E-state index is 0.595. The van der Waals surface area contributed by atoms with Crippen LogP contribution in [0.5, 0.6) is 0 Å². The maximum absolute atomic E-state index is 4.40. The number of aliphatic imine (C=N–C) groups is 1. The van der Waals surface area contributed by atoms with Crippen molar-refractivity contribution >= 4 is 5.71 Å². The van der Waals surface area contributed by atoms with Gasteiger partial charge in [-0.2, -0.15) is 0 Å². The fraction of sp³-hybridized carbons (Fsp3) is 0.500. The van der Waals surface area contributed by atoms with Crippen LogP contribution in [0.1, 0.15) is 30.0 Å². The third kappa shape index (κ3) is 1.57. The van der Waals surface area contributed by atoms with Crippen LogP contribution < -0.4 is 0 Å². The standard InChI is InChI=1S/C14H18N2/c1-15-12-7-9-16-8-6-11-4-2-3-5-13(11)14(16)10-12/h2-5,14H,6-10H2,1H3/t14-/m0/s1. The van der Waals surface area contributed by atoms with E-state index in [0.29, 0.717) is 6.04 Å². The second-order valence-electron chi connectivity index (χ2n) is 4.74. The Morgan fingerprint density at radius 3 is 2.88 bits per heavy atom. The van der Waals surface area contributed by atoms with Gasteiger partial charge in [0.25, 0.3) is 0 Å². The molecule has 1 fully saturated rings. The highest BCUT2D eigenvalue weighted by molar-refractivity contribution is 5.86. The number of nitrogens with zero attached hydrogens (tertiary/aromatic N) is 2. The topological polar surface area (TPSA) is 15.6 Å². The van der Waals surface area contributed by atoms with Gasteiger partial charge >= 0.3 is 0 Å². The molecule has 1 saturated heterocycles. The summed E-state index contributed by atoms with van der Waals surface area (Å²) in [5.74, 6) is 0. The molecule has 2 aliphatic heterocycles. The lowest BCUT2D eigenvalue weighted by Gasteiger charge is -2.41. The van der Waals surface area contributed by atoms with Gasteiger partial charge in [-0.3, -0.25) is 9.89 Å². The van der Waals surface area contributed by atoms with Crippen molar-refractivity contribution in [2.75, 3.05) is 20.1 Å². The van der Waals surface area contributed by atoms with E-state index < -0.39 is 0 Å². The van der Waals surface area contributed by atoms with Gasteiger partial charge in [-0.25, -0.2) is 0 Å². The van der Waals surface area contributed by atoms with E-state index in [4.69, 9.17) is 0 Å². The second kappa shape index (κ2) is 4.02. The van der Waals surface area contributed by atoms with E-state index in [0.717, 1.165) is 12.8 Å². The lowest BCUT2D eigenvalue weighted by molar-refractivity contribution is 0.180. The molecule has 2 heteroatoms. The molecule has 0 spiro atoms. The molecule has 84 valence electrons. The molecule has 1 aromatic carbocycles. The molecule has 0 unspecified atom stereocenters. The number of rotatable bonds is 0. The molecule has 0 N–H and O–H groups in total. The summed E-state index contributed by atoms with van der Waals surface area (Å²) < 4.78 is 0. The van der Waals surface area contributed by atoms with Crippen LogP contribution in [-0.4, -0.2) is 30.7 Å². The third-order valence-electron chi connectivity index (χ3n) is 3.96. The maximum Gasteiger partial charge on any atom is 0.0403 e. The summed E-state index contributed by atoms with van der Waals surface area (Å²) in [4.78, 5) is 7.02. The molecule has 2 aliphatic rings. The van der Waals surface area contributed by atoms with Crippen molar-refractivity contribution in [1.29, 1.82) is 0 Å². The highest BCUT2D eigenvalue weighted by Gasteiger charge is 2.31. The zero-order valence-electron chi connectivity index (χ0n) is 9.82. The zero-order chi connectivity index (χ0) is 11.0. The van der Waals surface area contributed by atoms with Crippen molar-refractivity contribution in [3.05, 3.63) is 35.4 Å². The van der Waals surface area contributed by atoms with Gasteiger partial charge in [0.15, 0.2) is 0 Å². The largest absolute Gasteiger partial charge is 0.297 e. The minimum Gasteiger partial charge on any atom is -0.297 e. The number of piperidine rings is 1. The second-order valence-corrected chi connectivity index (χ2v) is 4.74. The summed E-state index contributed by atoms with van der Waals surface area (Å²) in [5.41, 5.74) is 4.47. The van der Waals surface area contributed by atoms with Gasteiger partial charge in [-0.1, -0.05) is 24.3 Å². The zero-order valence-corrected chi connectivity index (χ0v) is 9.82. The molecular weight excluding hydrogens is 196 g/mol. The predicted molar refractivity (Wildman–Crippen MR) is 67.1 cm³/mol. The first kappa shape index (κ1) is 10.0. The molecule has 0 aliphatic carbocycles. The fourth-order valence-corrected chi connectivity index (χ4v) is 3.01. The monoisotopic (exact) mass is 214 g/mol. The summed E-state index contributed by atoms with van der Waals surface area (Å²) in [5, 5.41) is 0. The highest BCUT2D eigenvalue weighted by atomic mass is 15.2. The Hall–Kier alpha value is -1.15. The number of benzene rings is 1. The lowest BCUT2D eigenvalue weighted by Crippen LogP contribution is -2.41.